The van der Waals surface area contributed by atoms with Gasteiger partial charge in [0.05, 0.1) is 11.0 Å². The fraction of sp³-hybridized carbons (Fsp3) is 0.727. The first-order valence-corrected chi connectivity index (χ1v) is 11.0. The summed E-state index contributed by atoms with van der Waals surface area (Å²) in [6.45, 7) is 4.81. The molecule has 138 valence electrons. The molecule has 1 heterocycles. The van der Waals surface area contributed by atoms with Crippen LogP contribution in [-0.4, -0.2) is 5.91 Å². The molecule has 1 N–H and O–H groups in total. The number of carbonyl (C=O) groups excluding carboxylic acids is 1. The molecule has 6 rings (SSSR count). The highest BCUT2D eigenvalue weighted by atomic mass is 32.1. The van der Waals surface area contributed by atoms with Crippen molar-refractivity contribution in [3.8, 4) is 6.07 Å². The normalized spacial score (nSPS) is 40.1. The molecule has 0 aromatic carbocycles. The van der Waals surface area contributed by atoms with Gasteiger partial charge in [-0.2, -0.15) is 5.26 Å². The Morgan fingerprint density at radius 1 is 1.12 bits per heavy atom. The van der Waals surface area contributed by atoms with E-state index >= 15 is 0 Å². The molecule has 26 heavy (non-hydrogen) atoms. The molecular formula is C22H28N2OS. The highest BCUT2D eigenvalue weighted by Crippen LogP contribution is 2.69. The van der Waals surface area contributed by atoms with Crippen LogP contribution in [0.15, 0.2) is 0 Å². The van der Waals surface area contributed by atoms with E-state index < -0.39 is 0 Å². The maximum absolute atomic E-state index is 13.5. The maximum atomic E-state index is 13.5. The fourth-order valence-corrected chi connectivity index (χ4v) is 8.94. The molecular weight excluding hydrogens is 340 g/mol. The van der Waals surface area contributed by atoms with Crippen LogP contribution in [-0.2, 0) is 17.6 Å². The molecule has 4 bridgehead atoms. The second kappa shape index (κ2) is 5.35. The zero-order valence-electron chi connectivity index (χ0n) is 15.9. The van der Waals surface area contributed by atoms with Crippen LogP contribution in [0.2, 0.25) is 0 Å². The van der Waals surface area contributed by atoms with Gasteiger partial charge in [0.1, 0.15) is 11.1 Å². The van der Waals surface area contributed by atoms with Gasteiger partial charge in [-0.15, -0.1) is 11.3 Å². The van der Waals surface area contributed by atoms with Gasteiger partial charge in [-0.25, -0.2) is 0 Å². The molecule has 1 aromatic heterocycles. The van der Waals surface area contributed by atoms with Gasteiger partial charge in [0.25, 0.3) is 0 Å². The fourth-order valence-electron chi connectivity index (χ4n) is 7.71. The van der Waals surface area contributed by atoms with Crippen molar-refractivity contribution in [2.45, 2.75) is 78.1 Å². The van der Waals surface area contributed by atoms with Gasteiger partial charge in [0.2, 0.25) is 5.91 Å². The van der Waals surface area contributed by atoms with E-state index in [1.807, 2.05) is 0 Å². The topological polar surface area (TPSA) is 52.9 Å². The predicted octanol–water partition coefficient (Wildman–Crippen LogP) is 5.43. The molecule has 4 saturated carbocycles. The third kappa shape index (κ3) is 2.39. The Morgan fingerprint density at radius 2 is 1.81 bits per heavy atom. The van der Waals surface area contributed by atoms with Gasteiger partial charge in [-0.3, -0.25) is 4.79 Å². The third-order valence-corrected chi connectivity index (χ3v) is 8.83. The standard InChI is InChI=1S/C22H28N2OS/c1-20-7-14-8-21(2,11-20)13-22(9-14,12-20)19(25)24-18-16(10-23)15-5-3-4-6-17(15)26-18/h14H,3-9,11-13H2,1-2H3,(H,24,25)/t14?,20-,21+,22?. The van der Waals surface area contributed by atoms with Gasteiger partial charge in [-0.05, 0) is 86.5 Å². The van der Waals surface area contributed by atoms with Crippen LogP contribution >= 0.6 is 11.3 Å². The van der Waals surface area contributed by atoms with E-state index in [2.05, 4.69) is 25.2 Å². The number of nitriles is 1. The molecule has 0 saturated heterocycles. The monoisotopic (exact) mass is 368 g/mol. The van der Waals surface area contributed by atoms with Crippen molar-refractivity contribution in [2.24, 2.45) is 22.2 Å². The number of hydrogen-bond acceptors (Lipinski definition) is 3. The number of anilines is 1. The minimum absolute atomic E-state index is 0.203. The van der Waals surface area contributed by atoms with E-state index in [1.54, 1.807) is 11.3 Å². The molecule has 4 atom stereocenters. The van der Waals surface area contributed by atoms with Crippen LogP contribution in [0, 0.1) is 33.5 Å². The lowest BCUT2D eigenvalue weighted by Gasteiger charge is -2.64. The van der Waals surface area contributed by atoms with E-state index in [0.717, 1.165) is 49.1 Å². The number of carbonyl (C=O) groups is 1. The number of nitrogens with zero attached hydrogens (tertiary/aromatic N) is 1. The summed E-state index contributed by atoms with van der Waals surface area (Å²) in [5.74, 6) is 0.910. The lowest BCUT2D eigenvalue weighted by molar-refractivity contribution is -0.165. The molecule has 2 unspecified atom stereocenters. The van der Waals surface area contributed by atoms with Crippen molar-refractivity contribution in [3.05, 3.63) is 16.0 Å². The summed E-state index contributed by atoms with van der Waals surface area (Å²) in [4.78, 5) is 14.8. The van der Waals surface area contributed by atoms with Crippen LogP contribution < -0.4 is 5.32 Å². The summed E-state index contributed by atoms with van der Waals surface area (Å²) in [6, 6.07) is 2.39. The Labute approximate surface area is 160 Å². The Kier molecular flexibility index (Phi) is 3.46. The molecule has 3 nitrogen and oxygen atoms in total. The van der Waals surface area contributed by atoms with Gasteiger partial charge in [0.15, 0.2) is 0 Å². The first-order valence-electron chi connectivity index (χ1n) is 10.2. The SMILES string of the molecule is C[C@]12CC3CC(C(=O)Nc4sc5c(c4C#N)CCCC5)(C1)C[C@@](C)(C3)C2. The van der Waals surface area contributed by atoms with E-state index in [-0.39, 0.29) is 11.3 Å². The molecule has 0 radical (unpaired) electrons. The highest BCUT2D eigenvalue weighted by molar-refractivity contribution is 7.16. The second-order valence-corrected chi connectivity index (χ2v) is 11.5. The number of rotatable bonds is 2. The average molecular weight is 369 g/mol. The van der Waals surface area contributed by atoms with Crippen LogP contribution in [0.25, 0.3) is 0 Å². The summed E-state index contributed by atoms with van der Waals surface area (Å²) in [6.07, 6.45) is 11.4. The van der Waals surface area contributed by atoms with Crippen molar-refractivity contribution in [1.29, 1.82) is 5.26 Å². The Balaban J connectivity index is 1.47. The summed E-state index contributed by atoms with van der Waals surface area (Å²) in [7, 11) is 0. The quantitative estimate of drug-likeness (QED) is 0.756. The largest absolute Gasteiger partial charge is 0.316 e. The summed E-state index contributed by atoms with van der Waals surface area (Å²) in [5.41, 5.74) is 2.42. The summed E-state index contributed by atoms with van der Waals surface area (Å²) in [5, 5.41) is 13.8. The Morgan fingerprint density at radius 3 is 2.46 bits per heavy atom. The lowest BCUT2D eigenvalue weighted by Crippen LogP contribution is -2.58. The van der Waals surface area contributed by atoms with Crippen LogP contribution in [0.5, 0.6) is 0 Å². The molecule has 5 aliphatic carbocycles. The van der Waals surface area contributed by atoms with Gasteiger partial charge < -0.3 is 5.32 Å². The molecule has 4 heteroatoms. The van der Waals surface area contributed by atoms with E-state index in [0.29, 0.717) is 16.7 Å². The molecule has 1 aromatic rings. The van der Waals surface area contributed by atoms with E-state index in [1.165, 1.54) is 36.1 Å². The first-order chi connectivity index (χ1) is 12.3. The van der Waals surface area contributed by atoms with Gasteiger partial charge in [-0.1, -0.05) is 13.8 Å². The molecule has 0 aliphatic heterocycles. The minimum Gasteiger partial charge on any atom is -0.316 e. The van der Waals surface area contributed by atoms with Crippen molar-refractivity contribution in [1.82, 2.24) is 0 Å². The first kappa shape index (κ1) is 16.8. The number of hydrogen-bond donors (Lipinski definition) is 1. The van der Waals surface area contributed by atoms with Gasteiger partial charge in [0, 0.05) is 4.88 Å². The van der Waals surface area contributed by atoms with Crippen LogP contribution in [0.4, 0.5) is 5.00 Å². The third-order valence-electron chi connectivity index (χ3n) is 7.62. The zero-order valence-corrected chi connectivity index (χ0v) is 16.7. The van der Waals surface area contributed by atoms with Crippen molar-refractivity contribution >= 4 is 22.2 Å². The number of fused-ring (bicyclic) bond motifs is 1. The number of aryl methyl sites for hydroxylation is 1. The number of amides is 1. The molecule has 4 fully saturated rings. The highest BCUT2D eigenvalue weighted by Gasteiger charge is 2.62. The van der Waals surface area contributed by atoms with Crippen molar-refractivity contribution in [2.75, 3.05) is 5.32 Å². The zero-order chi connectivity index (χ0) is 18.2. The Bertz CT molecular complexity index is 814. The van der Waals surface area contributed by atoms with Crippen LogP contribution in [0.1, 0.15) is 81.2 Å². The Hall–Kier alpha value is -1.34. The smallest absolute Gasteiger partial charge is 0.231 e. The van der Waals surface area contributed by atoms with Crippen molar-refractivity contribution in [3.63, 3.8) is 0 Å². The second-order valence-electron chi connectivity index (χ2n) is 10.4. The summed E-state index contributed by atoms with van der Waals surface area (Å²) >= 11 is 1.66. The minimum atomic E-state index is -0.208. The molecule has 5 aliphatic rings. The van der Waals surface area contributed by atoms with E-state index in [9.17, 15) is 10.1 Å². The van der Waals surface area contributed by atoms with Crippen molar-refractivity contribution < 1.29 is 4.79 Å². The summed E-state index contributed by atoms with van der Waals surface area (Å²) < 4.78 is 0. The van der Waals surface area contributed by atoms with E-state index in [4.69, 9.17) is 0 Å². The lowest BCUT2D eigenvalue weighted by atomic mass is 9.40. The molecule has 1 amide bonds. The van der Waals surface area contributed by atoms with Crippen LogP contribution in [0.3, 0.4) is 0 Å². The number of thiophene rings is 1. The maximum Gasteiger partial charge on any atom is 0.231 e. The average Bonchev–Trinajstić information content (AvgIpc) is 2.88. The number of nitrogens with one attached hydrogen (secondary N) is 1. The predicted molar refractivity (Wildman–Crippen MR) is 104 cm³/mol. The molecule has 0 spiro atoms. The van der Waals surface area contributed by atoms with Gasteiger partial charge >= 0.3 is 0 Å².